The van der Waals surface area contributed by atoms with Gasteiger partial charge in [0.25, 0.3) is 0 Å². The average molecular weight is 212 g/mol. The molecular weight excluding hydrogens is 192 g/mol. The topological polar surface area (TPSA) is 38.7 Å². The van der Waals surface area contributed by atoms with Crippen molar-refractivity contribution >= 4 is 0 Å². The lowest BCUT2D eigenvalue weighted by Crippen LogP contribution is -2.19. The Bertz CT molecular complexity index is 233. The maximum absolute atomic E-state index is 9.47. The molecule has 15 heavy (non-hydrogen) atoms. The van der Waals surface area contributed by atoms with Crippen molar-refractivity contribution in [2.45, 2.75) is 38.6 Å². The predicted octanol–water partition coefficient (Wildman–Crippen LogP) is 2.02. The van der Waals surface area contributed by atoms with Crippen LogP contribution in [0.1, 0.15) is 26.2 Å². The standard InChI is InChI=1S/C12H20O3/c1-3-4-8-15-11-7-5-6-10(9-11)12(13)14-2/h5-6,9,11-13H,3-4,7-8H2,1-2H3. The normalized spacial score (nSPS) is 22.6. The van der Waals surface area contributed by atoms with Crippen molar-refractivity contribution in [2.24, 2.45) is 0 Å². The van der Waals surface area contributed by atoms with E-state index in [0.29, 0.717) is 0 Å². The minimum atomic E-state index is -0.834. The van der Waals surface area contributed by atoms with Crippen LogP contribution in [0.5, 0.6) is 0 Å². The summed E-state index contributed by atoms with van der Waals surface area (Å²) in [6, 6.07) is 0. The van der Waals surface area contributed by atoms with E-state index in [4.69, 9.17) is 9.47 Å². The number of ether oxygens (including phenoxy) is 2. The van der Waals surface area contributed by atoms with Crippen LogP contribution < -0.4 is 0 Å². The molecule has 0 radical (unpaired) electrons. The van der Waals surface area contributed by atoms with Crippen LogP contribution in [-0.2, 0) is 9.47 Å². The molecule has 0 aromatic carbocycles. The molecular formula is C12H20O3. The van der Waals surface area contributed by atoms with Crippen molar-refractivity contribution in [1.82, 2.24) is 0 Å². The Balaban J connectivity index is 2.41. The van der Waals surface area contributed by atoms with Crippen LogP contribution in [0, 0.1) is 0 Å². The van der Waals surface area contributed by atoms with Crippen molar-refractivity contribution in [3.05, 3.63) is 23.8 Å². The molecule has 0 fully saturated rings. The molecule has 0 amide bonds. The van der Waals surface area contributed by atoms with E-state index >= 15 is 0 Å². The fraction of sp³-hybridized carbons (Fsp3) is 0.667. The molecule has 0 aliphatic heterocycles. The SMILES string of the molecule is CCCCOC1C=C(C(O)OC)C=CC1. The Morgan fingerprint density at radius 1 is 1.60 bits per heavy atom. The van der Waals surface area contributed by atoms with Gasteiger partial charge < -0.3 is 14.6 Å². The third kappa shape index (κ3) is 4.16. The van der Waals surface area contributed by atoms with Crippen LogP contribution in [0.2, 0.25) is 0 Å². The molecule has 1 aliphatic rings. The molecule has 0 heterocycles. The highest BCUT2D eigenvalue weighted by Crippen LogP contribution is 2.17. The van der Waals surface area contributed by atoms with Gasteiger partial charge in [-0.1, -0.05) is 25.5 Å². The zero-order valence-electron chi connectivity index (χ0n) is 9.48. The van der Waals surface area contributed by atoms with E-state index in [-0.39, 0.29) is 6.10 Å². The molecule has 1 rings (SSSR count). The van der Waals surface area contributed by atoms with Crippen LogP contribution in [0.15, 0.2) is 23.8 Å². The quantitative estimate of drug-likeness (QED) is 0.541. The predicted molar refractivity (Wildman–Crippen MR) is 59.5 cm³/mol. The summed E-state index contributed by atoms with van der Waals surface area (Å²) in [5.41, 5.74) is 0.783. The van der Waals surface area contributed by atoms with Crippen LogP contribution in [-0.4, -0.2) is 31.2 Å². The Morgan fingerprint density at radius 3 is 3.07 bits per heavy atom. The van der Waals surface area contributed by atoms with E-state index in [2.05, 4.69) is 6.92 Å². The highest BCUT2D eigenvalue weighted by atomic mass is 16.6. The largest absolute Gasteiger partial charge is 0.374 e. The van der Waals surface area contributed by atoms with Crippen molar-refractivity contribution in [3.63, 3.8) is 0 Å². The molecule has 0 saturated heterocycles. The molecule has 0 spiro atoms. The second-order valence-electron chi connectivity index (χ2n) is 3.66. The van der Waals surface area contributed by atoms with E-state index in [0.717, 1.165) is 31.4 Å². The van der Waals surface area contributed by atoms with E-state index in [1.54, 1.807) is 0 Å². The third-order valence-corrected chi connectivity index (χ3v) is 2.40. The maximum Gasteiger partial charge on any atom is 0.180 e. The van der Waals surface area contributed by atoms with Gasteiger partial charge in [-0.3, -0.25) is 0 Å². The number of hydrogen-bond acceptors (Lipinski definition) is 3. The Morgan fingerprint density at radius 2 is 2.40 bits per heavy atom. The summed E-state index contributed by atoms with van der Waals surface area (Å²) in [7, 11) is 1.49. The summed E-state index contributed by atoms with van der Waals surface area (Å²) >= 11 is 0. The first kappa shape index (κ1) is 12.4. The zero-order valence-corrected chi connectivity index (χ0v) is 9.48. The number of rotatable bonds is 6. The van der Waals surface area contributed by atoms with Gasteiger partial charge in [-0.15, -0.1) is 0 Å². The lowest BCUT2D eigenvalue weighted by Gasteiger charge is -2.19. The van der Waals surface area contributed by atoms with Gasteiger partial charge >= 0.3 is 0 Å². The summed E-state index contributed by atoms with van der Waals surface area (Å²) in [4.78, 5) is 0. The summed E-state index contributed by atoms with van der Waals surface area (Å²) in [6.45, 7) is 2.92. The molecule has 2 atom stereocenters. The number of unbranched alkanes of at least 4 members (excludes halogenated alkanes) is 1. The summed E-state index contributed by atoms with van der Waals surface area (Å²) in [6.07, 6.45) is 8.17. The summed E-state index contributed by atoms with van der Waals surface area (Å²) in [5, 5.41) is 9.47. The Kier molecular flexibility index (Phi) is 5.61. The molecule has 1 aliphatic carbocycles. The van der Waals surface area contributed by atoms with Crippen LogP contribution in [0.3, 0.4) is 0 Å². The van der Waals surface area contributed by atoms with Crippen molar-refractivity contribution in [3.8, 4) is 0 Å². The number of aliphatic hydroxyl groups is 1. The van der Waals surface area contributed by atoms with E-state index in [9.17, 15) is 5.11 Å². The van der Waals surface area contributed by atoms with E-state index in [1.807, 2.05) is 18.2 Å². The third-order valence-electron chi connectivity index (χ3n) is 2.40. The first-order valence-electron chi connectivity index (χ1n) is 5.48. The van der Waals surface area contributed by atoms with Gasteiger partial charge in [-0.05, 0) is 18.9 Å². The van der Waals surface area contributed by atoms with Crippen molar-refractivity contribution in [1.29, 1.82) is 0 Å². The number of aliphatic hydroxyl groups excluding tert-OH is 1. The van der Waals surface area contributed by atoms with Crippen LogP contribution in [0.25, 0.3) is 0 Å². The van der Waals surface area contributed by atoms with Crippen molar-refractivity contribution < 1.29 is 14.6 Å². The molecule has 0 aromatic rings. The molecule has 0 aromatic heterocycles. The van der Waals surface area contributed by atoms with Gasteiger partial charge in [-0.2, -0.15) is 0 Å². The maximum atomic E-state index is 9.47. The first-order valence-corrected chi connectivity index (χ1v) is 5.48. The van der Waals surface area contributed by atoms with Gasteiger partial charge in [0, 0.05) is 19.3 Å². The second-order valence-corrected chi connectivity index (χ2v) is 3.66. The highest BCUT2D eigenvalue weighted by molar-refractivity contribution is 5.26. The molecule has 0 bridgehead atoms. The zero-order chi connectivity index (χ0) is 11.1. The fourth-order valence-electron chi connectivity index (χ4n) is 1.47. The smallest absolute Gasteiger partial charge is 0.180 e. The van der Waals surface area contributed by atoms with Crippen molar-refractivity contribution in [2.75, 3.05) is 13.7 Å². The Labute approximate surface area is 91.4 Å². The lowest BCUT2D eigenvalue weighted by atomic mass is 10.0. The molecule has 2 unspecified atom stereocenters. The minimum absolute atomic E-state index is 0.0846. The van der Waals surface area contributed by atoms with Crippen LogP contribution >= 0.6 is 0 Å². The average Bonchev–Trinajstić information content (AvgIpc) is 2.29. The molecule has 86 valence electrons. The van der Waals surface area contributed by atoms with E-state index in [1.165, 1.54) is 7.11 Å². The van der Waals surface area contributed by atoms with Gasteiger partial charge in [0.1, 0.15) is 0 Å². The molecule has 1 N–H and O–H groups in total. The fourth-order valence-corrected chi connectivity index (χ4v) is 1.47. The van der Waals surface area contributed by atoms with Gasteiger partial charge in [0.2, 0.25) is 0 Å². The monoisotopic (exact) mass is 212 g/mol. The van der Waals surface area contributed by atoms with Gasteiger partial charge in [0.05, 0.1) is 6.10 Å². The summed E-state index contributed by atoms with van der Waals surface area (Å²) in [5.74, 6) is 0. The minimum Gasteiger partial charge on any atom is -0.374 e. The first-order chi connectivity index (χ1) is 7.27. The Hall–Kier alpha value is -0.640. The van der Waals surface area contributed by atoms with Gasteiger partial charge in [0.15, 0.2) is 6.29 Å². The number of hydrogen-bond donors (Lipinski definition) is 1. The second kappa shape index (κ2) is 6.77. The van der Waals surface area contributed by atoms with Gasteiger partial charge in [-0.25, -0.2) is 0 Å². The van der Waals surface area contributed by atoms with E-state index < -0.39 is 6.29 Å². The lowest BCUT2D eigenvalue weighted by molar-refractivity contribution is -0.0437. The summed E-state index contributed by atoms with van der Waals surface area (Å²) < 4.78 is 10.5. The molecule has 3 heteroatoms. The number of methoxy groups -OCH3 is 1. The molecule has 0 saturated carbocycles. The highest BCUT2D eigenvalue weighted by Gasteiger charge is 2.14. The van der Waals surface area contributed by atoms with Crippen LogP contribution in [0.4, 0.5) is 0 Å². The molecule has 3 nitrogen and oxygen atoms in total.